The highest BCUT2D eigenvalue weighted by molar-refractivity contribution is 7.94. The zero-order valence-electron chi connectivity index (χ0n) is 14.2. The van der Waals surface area contributed by atoms with Crippen molar-refractivity contribution in [2.45, 2.75) is 30.2 Å². The summed E-state index contributed by atoms with van der Waals surface area (Å²) in [6.07, 6.45) is 0.855. The predicted octanol–water partition coefficient (Wildman–Crippen LogP) is 3.14. The Morgan fingerprint density at radius 2 is 1.89 bits per heavy atom. The first-order chi connectivity index (χ1) is 12.6. The maximum atomic E-state index is 13.1. The molecule has 142 valence electrons. The largest absolute Gasteiger partial charge is 0.474 e. The first kappa shape index (κ1) is 19.0. The van der Waals surface area contributed by atoms with Crippen LogP contribution in [0.4, 0.5) is 13.2 Å². The number of amides is 1. The molecule has 0 bridgehead atoms. The summed E-state index contributed by atoms with van der Waals surface area (Å²) in [5, 5.41) is 4.04. The van der Waals surface area contributed by atoms with Gasteiger partial charge in [0.1, 0.15) is 12.0 Å². The molecule has 2 aromatic heterocycles. The highest BCUT2D eigenvalue weighted by Crippen LogP contribution is 2.26. The summed E-state index contributed by atoms with van der Waals surface area (Å²) in [6.45, 7) is 2.90. The van der Waals surface area contributed by atoms with Gasteiger partial charge in [0.2, 0.25) is 0 Å². The molecule has 0 saturated carbocycles. The molecule has 11 heteroatoms. The van der Waals surface area contributed by atoms with E-state index in [-0.39, 0.29) is 4.90 Å². The molecule has 1 unspecified atom stereocenters. The lowest BCUT2D eigenvalue weighted by Crippen LogP contribution is -2.24. The van der Waals surface area contributed by atoms with E-state index in [2.05, 4.69) is 19.4 Å². The van der Waals surface area contributed by atoms with Gasteiger partial charge in [-0.05, 0) is 32.0 Å². The van der Waals surface area contributed by atoms with E-state index in [4.69, 9.17) is 0 Å². The molecule has 0 spiro atoms. The lowest BCUT2D eigenvalue weighted by Gasteiger charge is -2.14. The van der Waals surface area contributed by atoms with Crippen LogP contribution >= 0.6 is 0 Å². The summed E-state index contributed by atoms with van der Waals surface area (Å²) in [7, 11) is -3.62. The van der Waals surface area contributed by atoms with Crippen LogP contribution < -0.4 is 0 Å². The molecule has 0 aliphatic carbocycles. The van der Waals surface area contributed by atoms with Gasteiger partial charge in [-0.15, -0.1) is 4.36 Å². The molecule has 1 amide bonds. The number of halogens is 3. The number of aromatic nitrogens is 4. The van der Waals surface area contributed by atoms with E-state index in [1.807, 2.05) is 0 Å². The van der Waals surface area contributed by atoms with Gasteiger partial charge in [-0.1, -0.05) is 0 Å². The van der Waals surface area contributed by atoms with Crippen molar-refractivity contribution in [3.05, 3.63) is 43.1 Å². The van der Waals surface area contributed by atoms with Crippen LogP contribution in [0.1, 0.15) is 13.8 Å². The second kappa shape index (κ2) is 6.72. The topological polar surface area (TPSA) is 90.1 Å². The van der Waals surface area contributed by atoms with Crippen molar-refractivity contribution in [3.63, 3.8) is 0 Å². The van der Waals surface area contributed by atoms with Crippen LogP contribution in [0, 0.1) is 0 Å². The van der Waals surface area contributed by atoms with Gasteiger partial charge in [-0.2, -0.15) is 18.3 Å². The van der Waals surface area contributed by atoms with Gasteiger partial charge in [-0.3, -0.25) is 4.79 Å². The fraction of sp³-hybridized carbons (Fsp3) is 0.250. The van der Waals surface area contributed by atoms with Crippen molar-refractivity contribution >= 4 is 26.5 Å². The van der Waals surface area contributed by atoms with Crippen molar-refractivity contribution < 1.29 is 22.2 Å². The Labute approximate surface area is 152 Å². The minimum absolute atomic E-state index is 0.0338. The molecule has 7 nitrogen and oxygen atoms in total. The molecule has 3 rings (SSSR count). The second-order valence-electron chi connectivity index (χ2n) is 5.90. The lowest BCUT2D eigenvalue weighted by molar-refractivity contribution is -0.169. The third-order valence-electron chi connectivity index (χ3n) is 3.73. The van der Waals surface area contributed by atoms with Crippen LogP contribution in [0.5, 0.6) is 0 Å². The Morgan fingerprint density at radius 3 is 2.48 bits per heavy atom. The van der Waals surface area contributed by atoms with Crippen LogP contribution in [0.3, 0.4) is 0 Å². The van der Waals surface area contributed by atoms with Crippen LogP contribution in [0.2, 0.25) is 0 Å². The van der Waals surface area contributed by atoms with Gasteiger partial charge >= 0.3 is 12.1 Å². The fourth-order valence-electron chi connectivity index (χ4n) is 2.33. The fourth-order valence-corrected chi connectivity index (χ4v) is 4.10. The number of alkyl halides is 3. The van der Waals surface area contributed by atoms with Gasteiger partial charge in [0, 0.05) is 21.7 Å². The summed E-state index contributed by atoms with van der Waals surface area (Å²) < 4.78 is 55.5. The SMILES string of the molecule is CC(C)S(=O)(=NC(=O)C(F)(F)F)c1ccc2nn(-c3cncnc3)cc2c1. The number of nitrogens with zero attached hydrogens (tertiary/aromatic N) is 5. The average Bonchev–Trinajstić information content (AvgIpc) is 3.04. The van der Waals surface area contributed by atoms with Gasteiger partial charge < -0.3 is 0 Å². The van der Waals surface area contributed by atoms with Crippen LogP contribution in [-0.4, -0.2) is 41.3 Å². The number of carbonyl (C=O) groups excluding carboxylic acids is 1. The number of hydrogen-bond donors (Lipinski definition) is 0. The van der Waals surface area contributed by atoms with Gasteiger partial charge in [0.15, 0.2) is 0 Å². The van der Waals surface area contributed by atoms with Gasteiger partial charge in [-0.25, -0.2) is 18.9 Å². The Bertz CT molecular complexity index is 1120. The van der Waals surface area contributed by atoms with E-state index in [1.165, 1.54) is 55.4 Å². The Balaban J connectivity index is 2.13. The van der Waals surface area contributed by atoms with Crippen molar-refractivity contribution in [1.29, 1.82) is 0 Å². The second-order valence-corrected chi connectivity index (χ2v) is 8.64. The maximum Gasteiger partial charge on any atom is 0.474 e. The minimum Gasteiger partial charge on any atom is -0.261 e. The Morgan fingerprint density at radius 1 is 1.22 bits per heavy atom. The van der Waals surface area contributed by atoms with E-state index in [0.29, 0.717) is 16.6 Å². The standard InChI is InChI=1S/C16H14F3N5O2S/c1-10(2)27(26,23-15(25)16(17,18)19)13-3-4-14-11(5-13)8-24(22-14)12-6-20-9-21-7-12/h3-10H,1-2H3. The number of hydrogen-bond acceptors (Lipinski definition) is 5. The summed E-state index contributed by atoms with van der Waals surface area (Å²) in [4.78, 5) is 19.1. The average molecular weight is 397 g/mol. The van der Waals surface area contributed by atoms with E-state index >= 15 is 0 Å². The summed E-state index contributed by atoms with van der Waals surface area (Å²) in [6, 6.07) is 4.31. The minimum atomic E-state index is -5.18. The molecule has 2 heterocycles. The van der Waals surface area contributed by atoms with Crippen LogP contribution in [0.15, 0.2) is 52.4 Å². The maximum absolute atomic E-state index is 13.1. The molecule has 0 radical (unpaired) electrons. The van der Waals surface area contributed by atoms with E-state index in [9.17, 15) is 22.2 Å². The monoisotopic (exact) mass is 397 g/mol. The quantitative estimate of drug-likeness (QED) is 0.677. The zero-order chi connectivity index (χ0) is 19.8. The van der Waals surface area contributed by atoms with Gasteiger partial charge in [0.25, 0.3) is 0 Å². The molecular formula is C16H14F3N5O2S. The first-order valence-corrected chi connectivity index (χ1v) is 9.31. The molecule has 0 fully saturated rings. The Hall–Kier alpha value is -2.82. The van der Waals surface area contributed by atoms with Crippen molar-refractivity contribution in [3.8, 4) is 5.69 Å². The van der Waals surface area contributed by atoms with E-state index in [1.54, 1.807) is 6.20 Å². The molecule has 27 heavy (non-hydrogen) atoms. The third kappa shape index (κ3) is 3.68. The van der Waals surface area contributed by atoms with E-state index in [0.717, 1.165) is 0 Å². The predicted molar refractivity (Wildman–Crippen MR) is 91.7 cm³/mol. The summed E-state index contributed by atoms with van der Waals surface area (Å²) in [5.41, 5.74) is 1.10. The summed E-state index contributed by atoms with van der Waals surface area (Å²) >= 11 is 0. The van der Waals surface area contributed by atoms with Gasteiger partial charge in [0.05, 0.1) is 27.6 Å². The zero-order valence-corrected chi connectivity index (χ0v) is 15.0. The van der Waals surface area contributed by atoms with E-state index < -0.39 is 27.1 Å². The Kier molecular flexibility index (Phi) is 4.72. The molecule has 0 saturated heterocycles. The number of benzene rings is 1. The molecule has 0 N–H and O–H groups in total. The number of rotatable bonds is 3. The molecule has 3 aromatic rings. The third-order valence-corrected chi connectivity index (χ3v) is 6.37. The summed E-state index contributed by atoms with van der Waals surface area (Å²) in [5.74, 6) is -2.36. The highest BCUT2D eigenvalue weighted by Gasteiger charge is 2.40. The molecule has 1 atom stereocenters. The first-order valence-electron chi connectivity index (χ1n) is 7.73. The van der Waals surface area contributed by atoms with Crippen molar-refractivity contribution in [1.82, 2.24) is 19.7 Å². The normalized spacial score (nSPS) is 14.3. The highest BCUT2D eigenvalue weighted by atomic mass is 32.2. The molecule has 0 aliphatic rings. The van der Waals surface area contributed by atoms with Crippen molar-refractivity contribution in [2.24, 2.45) is 4.36 Å². The number of fused-ring (bicyclic) bond motifs is 1. The van der Waals surface area contributed by atoms with Crippen LogP contribution in [0.25, 0.3) is 16.6 Å². The number of carbonyl (C=O) groups is 1. The molecule has 0 aliphatic heterocycles. The van der Waals surface area contributed by atoms with Crippen LogP contribution in [-0.2, 0) is 14.5 Å². The molecular weight excluding hydrogens is 383 g/mol. The lowest BCUT2D eigenvalue weighted by atomic mass is 10.3. The molecule has 1 aromatic carbocycles. The van der Waals surface area contributed by atoms with Crippen molar-refractivity contribution in [2.75, 3.05) is 0 Å². The smallest absolute Gasteiger partial charge is 0.261 e.